The van der Waals surface area contributed by atoms with E-state index in [-0.39, 0.29) is 35.2 Å². The molecule has 194 valence electrons. The van der Waals surface area contributed by atoms with Gasteiger partial charge in [0.1, 0.15) is 12.4 Å². The summed E-state index contributed by atoms with van der Waals surface area (Å²) in [6, 6.07) is 4.78. The Balaban J connectivity index is 1.49. The van der Waals surface area contributed by atoms with E-state index in [0.29, 0.717) is 30.5 Å². The first-order chi connectivity index (χ1) is 16.8. The quantitative estimate of drug-likeness (QED) is 0.405. The largest absolute Gasteiger partial charge is 0.490 e. The van der Waals surface area contributed by atoms with Crippen molar-refractivity contribution in [2.24, 2.45) is 11.7 Å². The van der Waals surface area contributed by atoms with Crippen molar-refractivity contribution in [1.29, 1.82) is 0 Å². The molecule has 1 fully saturated rings. The van der Waals surface area contributed by atoms with Crippen LogP contribution in [0.3, 0.4) is 0 Å². The van der Waals surface area contributed by atoms with Crippen LogP contribution in [0.25, 0.3) is 16.9 Å². The summed E-state index contributed by atoms with van der Waals surface area (Å²) < 4.78 is 82.7. The van der Waals surface area contributed by atoms with Crippen LogP contribution in [0.4, 0.5) is 32.3 Å². The van der Waals surface area contributed by atoms with E-state index in [4.69, 9.17) is 5.73 Å². The van der Waals surface area contributed by atoms with E-state index in [1.807, 2.05) is 0 Å². The Hall–Kier alpha value is -3.69. The molecule has 2 aromatic heterocycles. The van der Waals surface area contributed by atoms with E-state index < -0.39 is 24.6 Å². The topological polar surface area (TPSA) is 141 Å². The molecule has 1 aromatic carbocycles. The number of hydrogen-bond donors (Lipinski definition) is 3. The summed E-state index contributed by atoms with van der Waals surface area (Å²) in [7, 11) is 0. The number of nitrogens with two attached hydrogens (primary N) is 1. The van der Waals surface area contributed by atoms with Gasteiger partial charge >= 0.3 is 12.4 Å². The monoisotopic (exact) mass is 519 g/mol. The number of carbonyl (C=O) groups excluding carboxylic acids is 1. The molecule has 0 bridgehead atoms. The number of nitrogens with zero attached hydrogens (tertiary/aromatic N) is 5. The fraction of sp³-hybridized carbons (Fsp3) is 0.450. The zero-order chi connectivity index (χ0) is 26.3. The van der Waals surface area contributed by atoms with Crippen molar-refractivity contribution in [3.63, 3.8) is 0 Å². The Bertz CT molecular complexity index is 1230. The third-order valence-corrected chi connectivity index (χ3v) is 5.83. The number of amides is 1. The number of ether oxygens (including phenoxy) is 1. The number of nitrogens with one attached hydrogen (secondary N) is 1. The predicted molar refractivity (Wildman–Crippen MR) is 111 cm³/mol. The Morgan fingerprint density at radius 2 is 1.81 bits per heavy atom. The molecule has 4 N–H and O–H groups in total. The molecule has 3 aromatic rings. The van der Waals surface area contributed by atoms with Crippen LogP contribution in [0.5, 0.6) is 5.75 Å². The van der Waals surface area contributed by atoms with E-state index >= 15 is 0 Å². The number of aromatic nitrogens is 5. The predicted octanol–water partition coefficient (Wildman–Crippen LogP) is 2.51. The van der Waals surface area contributed by atoms with Gasteiger partial charge in [-0.3, -0.25) is 4.79 Å². The van der Waals surface area contributed by atoms with Crippen molar-refractivity contribution >= 4 is 23.0 Å². The van der Waals surface area contributed by atoms with Gasteiger partial charge in [0.2, 0.25) is 11.9 Å². The van der Waals surface area contributed by atoms with Gasteiger partial charge in [0.25, 0.3) is 5.60 Å². The summed E-state index contributed by atoms with van der Waals surface area (Å²) >= 11 is 0. The minimum Gasteiger partial charge on any atom is -0.490 e. The number of primary amides is 1. The average Bonchev–Trinajstić information content (AvgIpc) is 3.43. The number of carbonyl (C=O) groups is 1. The maximum absolute atomic E-state index is 12.8. The van der Waals surface area contributed by atoms with E-state index in [1.165, 1.54) is 23.0 Å². The van der Waals surface area contributed by atoms with Crippen molar-refractivity contribution in [1.82, 2.24) is 25.0 Å². The van der Waals surface area contributed by atoms with E-state index in [0.717, 1.165) is 12.1 Å². The van der Waals surface area contributed by atoms with Crippen molar-refractivity contribution < 1.29 is 41.0 Å². The van der Waals surface area contributed by atoms with Gasteiger partial charge in [-0.05, 0) is 43.5 Å². The highest BCUT2D eigenvalue weighted by molar-refractivity contribution is 5.77. The first-order valence-electron chi connectivity index (χ1n) is 10.5. The summed E-state index contributed by atoms with van der Waals surface area (Å²) in [5, 5.41) is 20.2. The molecule has 16 heteroatoms. The van der Waals surface area contributed by atoms with Gasteiger partial charge in [-0.25, -0.2) is 4.98 Å². The number of rotatable bonds is 7. The maximum atomic E-state index is 12.8. The average molecular weight is 519 g/mol. The van der Waals surface area contributed by atoms with Crippen LogP contribution in [-0.4, -0.2) is 66.6 Å². The molecular formula is C20H19F6N7O3. The molecule has 36 heavy (non-hydrogen) atoms. The van der Waals surface area contributed by atoms with Gasteiger partial charge < -0.3 is 20.9 Å². The highest BCUT2D eigenvalue weighted by Gasteiger charge is 2.71. The zero-order valence-corrected chi connectivity index (χ0v) is 18.2. The lowest BCUT2D eigenvalue weighted by Gasteiger charge is -2.31. The number of aliphatic hydroxyl groups is 1. The maximum Gasteiger partial charge on any atom is 0.429 e. The van der Waals surface area contributed by atoms with E-state index in [1.54, 1.807) is 0 Å². The van der Waals surface area contributed by atoms with Crippen LogP contribution in [0.2, 0.25) is 0 Å². The molecule has 4 rings (SSSR count). The van der Waals surface area contributed by atoms with Crippen LogP contribution in [0, 0.1) is 5.92 Å². The number of alkyl halides is 6. The van der Waals surface area contributed by atoms with Gasteiger partial charge in [0, 0.05) is 12.0 Å². The molecule has 1 amide bonds. The molecule has 2 heterocycles. The molecule has 1 aliphatic rings. The molecular weight excluding hydrogens is 500 g/mol. The molecule has 1 aliphatic carbocycles. The molecule has 10 nitrogen and oxygen atoms in total. The van der Waals surface area contributed by atoms with Crippen LogP contribution in [-0.2, 0) is 4.79 Å². The Labute approximate surface area is 198 Å². The molecule has 1 saturated carbocycles. The number of halogens is 6. The molecule has 0 spiro atoms. The summed E-state index contributed by atoms with van der Waals surface area (Å²) in [4.78, 5) is 19.9. The first-order valence-corrected chi connectivity index (χ1v) is 10.5. The van der Waals surface area contributed by atoms with Crippen LogP contribution >= 0.6 is 0 Å². The summed E-state index contributed by atoms with van der Waals surface area (Å²) in [5.41, 5.74) is 1.24. The van der Waals surface area contributed by atoms with Crippen molar-refractivity contribution in [2.45, 2.75) is 43.3 Å². The fourth-order valence-electron chi connectivity index (χ4n) is 3.72. The SMILES string of the molecule is NC(=O)[C@@H]1CCC(Nc2ncc3nnn(-c4ccc(OCC(O)(C(F)(F)F)C(F)(F)F)cc4)c3n2)C1. The van der Waals surface area contributed by atoms with Crippen molar-refractivity contribution in [3.8, 4) is 11.4 Å². The zero-order valence-electron chi connectivity index (χ0n) is 18.2. The fourth-order valence-corrected chi connectivity index (χ4v) is 3.72. The lowest BCUT2D eigenvalue weighted by molar-refractivity contribution is -0.373. The Morgan fingerprint density at radius 1 is 1.14 bits per heavy atom. The van der Waals surface area contributed by atoms with Gasteiger partial charge in [0.15, 0.2) is 11.2 Å². The minimum atomic E-state index is -5.99. The van der Waals surface area contributed by atoms with E-state index in [2.05, 4.69) is 30.3 Å². The lowest BCUT2D eigenvalue weighted by Crippen LogP contribution is -2.60. The van der Waals surface area contributed by atoms with Gasteiger partial charge in [-0.15, -0.1) is 5.10 Å². The van der Waals surface area contributed by atoms with Crippen LogP contribution < -0.4 is 15.8 Å². The number of benzene rings is 1. The second-order valence-corrected chi connectivity index (χ2v) is 8.30. The van der Waals surface area contributed by atoms with E-state index in [9.17, 15) is 36.2 Å². The smallest absolute Gasteiger partial charge is 0.429 e. The van der Waals surface area contributed by atoms with Crippen LogP contribution in [0.15, 0.2) is 30.5 Å². The molecule has 1 unspecified atom stereocenters. The summed E-state index contributed by atoms with van der Waals surface area (Å²) in [5.74, 6) is -0.702. The van der Waals surface area contributed by atoms with Gasteiger partial charge in [0.05, 0.1) is 11.9 Å². The second-order valence-electron chi connectivity index (χ2n) is 8.30. The molecule has 2 atom stereocenters. The normalized spacial score (nSPS) is 19.0. The highest BCUT2D eigenvalue weighted by Crippen LogP contribution is 2.43. The van der Waals surface area contributed by atoms with Gasteiger partial charge in [-0.2, -0.15) is 36.0 Å². The minimum absolute atomic E-state index is 0.0623. The number of anilines is 1. The number of fused-ring (bicyclic) bond motifs is 1. The first kappa shape index (κ1) is 25.4. The second kappa shape index (κ2) is 9.07. The third-order valence-electron chi connectivity index (χ3n) is 5.83. The lowest BCUT2D eigenvalue weighted by atomic mass is 10.0. The summed E-state index contributed by atoms with van der Waals surface area (Å²) in [6.45, 7) is -2.08. The molecule has 0 saturated heterocycles. The highest BCUT2D eigenvalue weighted by atomic mass is 19.4. The van der Waals surface area contributed by atoms with Crippen LogP contribution in [0.1, 0.15) is 19.3 Å². The van der Waals surface area contributed by atoms with Crippen molar-refractivity contribution in [2.75, 3.05) is 11.9 Å². The van der Waals surface area contributed by atoms with Crippen molar-refractivity contribution in [3.05, 3.63) is 30.5 Å². The molecule has 0 radical (unpaired) electrons. The number of hydrogen-bond acceptors (Lipinski definition) is 8. The third kappa shape index (κ3) is 4.84. The summed E-state index contributed by atoms with van der Waals surface area (Å²) in [6.07, 6.45) is -8.68. The Morgan fingerprint density at radius 3 is 2.39 bits per heavy atom. The Kier molecular flexibility index (Phi) is 6.40. The molecule has 0 aliphatic heterocycles. The van der Waals surface area contributed by atoms with Gasteiger partial charge in [-0.1, -0.05) is 5.21 Å². The standard InChI is InChI=1S/C20H19F6N7O3/c21-19(22,23)18(35,20(24,25)26)9-36-13-5-3-12(4-6-13)33-16-14(31-32-33)8-28-17(30-16)29-11-2-1-10(7-11)15(27)34/h3-6,8,10-11,35H,1-2,7,9H2,(H2,27,34)(H,28,29,30)/t10-,11?/m1/s1.